The number of anilines is 2. The zero-order chi connectivity index (χ0) is 32.0. The largest absolute Gasteiger partial charge is 0.405 e. The number of thioether (sulfide) groups is 1. The average molecular weight is 699 g/mol. The van der Waals surface area contributed by atoms with Gasteiger partial charge >= 0.3 is 0 Å². The molecule has 240 valence electrons. The molecule has 1 aliphatic heterocycles. The second-order valence-corrected chi connectivity index (χ2v) is 12.2. The Morgan fingerprint density at radius 3 is 2.67 bits per heavy atom. The first-order valence-electron chi connectivity index (χ1n) is 14.5. The topological polar surface area (TPSA) is 181 Å². The predicted octanol–water partition coefficient (Wildman–Crippen LogP) is 3.53. The van der Waals surface area contributed by atoms with E-state index in [4.69, 9.17) is 10.5 Å². The van der Waals surface area contributed by atoms with E-state index in [0.29, 0.717) is 41.5 Å². The van der Waals surface area contributed by atoms with Gasteiger partial charge in [0.1, 0.15) is 18.5 Å². The normalized spacial score (nSPS) is 19.5. The highest BCUT2D eigenvalue weighted by Crippen LogP contribution is 2.33. The molecule has 2 aromatic carbocycles. The van der Waals surface area contributed by atoms with Crippen LogP contribution in [-0.2, 0) is 11.3 Å². The maximum atomic E-state index is 10.8. The maximum Gasteiger partial charge on any atom is 0.167 e. The van der Waals surface area contributed by atoms with Gasteiger partial charge < -0.3 is 42.4 Å². The summed E-state index contributed by atoms with van der Waals surface area (Å²) >= 11 is 5.16. The number of imidazole rings is 1. The van der Waals surface area contributed by atoms with Crippen LogP contribution in [0.15, 0.2) is 96.4 Å². The summed E-state index contributed by atoms with van der Waals surface area (Å²) in [6.07, 6.45) is 3.46. The molecule has 0 bridgehead atoms. The number of fused-ring (bicyclic) bond motifs is 1. The predicted molar refractivity (Wildman–Crippen MR) is 184 cm³/mol. The SMILES string of the molecule is C=CN.N/C(=C\NCc1ccccc1)CNc1ncnc2c1ncn2C1OC(CSCCCNc2cccc(Br)c2)C(O)C1O. The fraction of sp³-hybridized carbons (Fsp3) is 0.323. The summed E-state index contributed by atoms with van der Waals surface area (Å²) in [5, 5.41) is 31.3. The average Bonchev–Trinajstić information content (AvgIpc) is 3.59. The van der Waals surface area contributed by atoms with Gasteiger partial charge in [0.25, 0.3) is 0 Å². The van der Waals surface area contributed by atoms with E-state index in [0.717, 1.165) is 34.4 Å². The van der Waals surface area contributed by atoms with Crippen LogP contribution in [0.1, 0.15) is 18.2 Å². The van der Waals surface area contributed by atoms with Crippen LogP contribution in [0.4, 0.5) is 11.5 Å². The van der Waals surface area contributed by atoms with Crippen molar-refractivity contribution < 1.29 is 14.9 Å². The molecule has 4 aromatic rings. The molecule has 9 N–H and O–H groups in total. The number of rotatable bonds is 14. The molecule has 0 spiro atoms. The van der Waals surface area contributed by atoms with Gasteiger partial charge in [-0.15, -0.1) is 0 Å². The Morgan fingerprint density at radius 2 is 1.89 bits per heavy atom. The monoisotopic (exact) mass is 697 g/mol. The first-order chi connectivity index (χ1) is 21.9. The van der Waals surface area contributed by atoms with Crippen molar-refractivity contribution in [2.24, 2.45) is 11.5 Å². The molecule has 0 radical (unpaired) electrons. The molecular weight excluding hydrogens is 658 g/mol. The fourth-order valence-electron chi connectivity index (χ4n) is 4.60. The van der Waals surface area contributed by atoms with Gasteiger partial charge in [0.15, 0.2) is 23.2 Å². The first-order valence-corrected chi connectivity index (χ1v) is 16.4. The third-order valence-corrected chi connectivity index (χ3v) is 8.40. The Hall–Kier alpha value is -3.82. The molecule has 3 heterocycles. The van der Waals surface area contributed by atoms with Gasteiger partial charge in [0.2, 0.25) is 0 Å². The van der Waals surface area contributed by atoms with Crippen molar-refractivity contribution >= 4 is 50.4 Å². The zero-order valence-corrected chi connectivity index (χ0v) is 27.2. The highest BCUT2D eigenvalue weighted by molar-refractivity contribution is 9.10. The molecule has 4 unspecified atom stereocenters. The van der Waals surface area contributed by atoms with E-state index < -0.39 is 24.5 Å². The molecule has 1 aliphatic rings. The van der Waals surface area contributed by atoms with Crippen LogP contribution in [-0.4, -0.2) is 72.6 Å². The molecule has 0 amide bonds. The zero-order valence-electron chi connectivity index (χ0n) is 24.8. The van der Waals surface area contributed by atoms with Crippen molar-refractivity contribution in [2.75, 3.05) is 35.2 Å². The minimum atomic E-state index is -1.12. The van der Waals surface area contributed by atoms with E-state index in [2.05, 4.69) is 59.1 Å². The van der Waals surface area contributed by atoms with E-state index in [1.807, 2.05) is 54.6 Å². The summed E-state index contributed by atoms with van der Waals surface area (Å²) in [7, 11) is 0. The van der Waals surface area contributed by atoms with E-state index in [-0.39, 0.29) is 0 Å². The van der Waals surface area contributed by atoms with Crippen LogP contribution in [0.25, 0.3) is 11.2 Å². The number of aliphatic hydroxyl groups excluding tert-OH is 2. The van der Waals surface area contributed by atoms with E-state index in [9.17, 15) is 10.2 Å². The lowest BCUT2D eigenvalue weighted by molar-refractivity contribution is -0.0289. The number of hydrogen-bond acceptors (Lipinski definition) is 12. The van der Waals surface area contributed by atoms with Gasteiger partial charge in [-0.3, -0.25) is 4.57 Å². The Labute approximate surface area is 275 Å². The molecule has 2 aromatic heterocycles. The number of hydrogen-bond donors (Lipinski definition) is 7. The lowest BCUT2D eigenvalue weighted by atomic mass is 10.1. The third kappa shape index (κ3) is 9.83. The van der Waals surface area contributed by atoms with Crippen molar-refractivity contribution in [2.45, 2.75) is 37.5 Å². The number of benzene rings is 2. The van der Waals surface area contributed by atoms with Gasteiger partial charge in [-0.1, -0.05) is 58.9 Å². The standard InChI is InChI=1S/C29H35BrN8O3S.C2H5N/c30-20-8-4-9-22(12-20)33-10-5-11-42-16-23-25(39)26(40)29(41-23)38-18-37-24-27(35-17-36-28(24)38)34-15-21(31)14-32-13-19-6-2-1-3-7-19;1-2-3/h1-4,6-9,12,14,17-18,23,25-26,29,32-33,39-40H,5,10-11,13,15-16,31H2,(H,34,35,36);2H,1,3H2/b21-14-;. The molecule has 14 heteroatoms. The lowest BCUT2D eigenvalue weighted by Gasteiger charge is -2.16. The molecule has 0 saturated carbocycles. The van der Waals surface area contributed by atoms with Crippen LogP contribution in [0, 0.1) is 0 Å². The third-order valence-electron chi connectivity index (χ3n) is 6.77. The molecule has 4 atom stereocenters. The number of nitrogens with zero attached hydrogens (tertiary/aromatic N) is 4. The minimum Gasteiger partial charge on any atom is -0.405 e. The minimum absolute atomic E-state index is 0.347. The maximum absolute atomic E-state index is 10.8. The smallest absolute Gasteiger partial charge is 0.167 e. The summed E-state index contributed by atoms with van der Waals surface area (Å²) < 4.78 is 8.79. The van der Waals surface area contributed by atoms with Crippen molar-refractivity contribution in [3.8, 4) is 0 Å². The quantitative estimate of drug-likeness (QED) is 0.0954. The molecule has 1 fully saturated rings. The van der Waals surface area contributed by atoms with Gasteiger partial charge in [-0.05, 0) is 42.1 Å². The molecular formula is C31H40BrN9O3S. The lowest BCUT2D eigenvalue weighted by Crippen LogP contribution is -2.32. The molecule has 45 heavy (non-hydrogen) atoms. The van der Waals surface area contributed by atoms with Gasteiger partial charge in [0.05, 0.1) is 19.0 Å². The number of aromatic nitrogens is 4. The fourth-order valence-corrected chi connectivity index (χ4v) is 6.02. The van der Waals surface area contributed by atoms with Gasteiger partial charge in [-0.25, -0.2) is 15.0 Å². The van der Waals surface area contributed by atoms with E-state index >= 15 is 0 Å². The summed E-state index contributed by atoms with van der Waals surface area (Å²) in [6, 6.07) is 18.1. The highest BCUT2D eigenvalue weighted by atomic mass is 79.9. The molecule has 12 nitrogen and oxygen atoms in total. The summed E-state index contributed by atoms with van der Waals surface area (Å²) in [6.45, 7) is 4.99. The number of ether oxygens (including phenoxy) is 1. The van der Waals surface area contributed by atoms with Crippen LogP contribution < -0.4 is 27.4 Å². The van der Waals surface area contributed by atoms with Crippen LogP contribution in [0.3, 0.4) is 0 Å². The van der Waals surface area contributed by atoms with Crippen molar-refractivity contribution in [1.82, 2.24) is 24.8 Å². The number of nitrogens with two attached hydrogens (primary N) is 2. The number of nitrogens with one attached hydrogen (secondary N) is 3. The van der Waals surface area contributed by atoms with Crippen LogP contribution in [0.2, 0.25) is 0 Å². The van der Waals surface area contributed by atoms with Crippen LogP contribution >= 0.6 is 27.7 Å². The number of halogens is 1. The molecule has 0 aliphatic carbocycles. The summed E-state index contributed by atoms with van der Waals surface area (Å²) in [5.74, 6) is 1.96. The highest BCUT2D eigenvalue weighted by Gasteiger charge is 2.44. The van der Waals surface area contributed by atoms with Gasteiger partial charge in [0, 0.05) is 40.9 Å². The van der Waals surface area contributed by atoms with E-state index in [1.165, 1.54) is 12.5 Å². The van der Waals surface area contributed by atoms with Crippen molar-refractivity contribution in [3.05, 3.63) is 102 Å². The Balaban J connectivity index is 0.00000148. The second-order valence-electron chi connectivity index (χ2n) is 10.1. The Kier molecular flexibility index (Phi) is 13.3. The van der Waals surface area contributed by atoms with Gasteiger partial charge in [-0.2, -0.15) is 11.8 Å². The summed E-state index contributed by atoms with van der Waals surface area (Å²) in [4.78, 5) is 13.2. The number of aliphatic hydroxyl groups is 2. The van der Waals surface area contributed by atoms with E-state index in [1.54, 1.807) is 28.9 Å². The molecule has 1 saturated heterocycles. The second kappa shape index (κ2) is 17.6. The van der Waals surface area contributed by atoms with Crippen molar-refractivity contribution in [3.63, 3.8) is 0 Å². The van der Waals surface area contributed by atoms with Crippen molar-refractivity contribution in [1.29, 1.82) is 0 Å². The Morgan fingerprint density at radius 1 is 1.09 bits per heavy atom. The van der Waals surface area contributed by atoms with Crippen LogP contribution in [0.5, 0.6) is 0 Å². The summed E-state index contributed by atoms with van der Waals surface area (Å²) in [5.41, 5.74) is 14.6. The molecule has 5 rings (SSSR count). The Bertz CT molecular complexity index is 1520. The first kappa shape index (κ1) is 34.1.